The van der Waals surface area contributed by atoms with Crippen LogP contribution >= 0.6 is 0 Å². The predicted octanol–water partition coefficient (Wildman–Crippen LogP) is 1.31. The van der Waals surface area contributed by atoms with Crippen molar-refractivity contribution in [3.63, 3.8) is 0 Å². The SMILES string of the molecule is NCC(=O)N1C[C@@H](c2cccc(F)c2F)[C@@H]2[C@H]1C1CCN2CC1. The van der Waals surface area contributed by atoms with Crippen molar-refractivity contribution in [3.8, 4) is 0 Å². The first-order valence-electron chi connectivity index (χ1n) is 8.29. The average molecular weight is 321 g/mol. The third-order valence-corrected chi connectivity index (χ3v) is 5.87. The average Bonchev–Trinajstić information content (AvgIpc) is 3.00. The van der Waals surface area contributed by atoms with Gasteiger partial charge < -0.3 is 10.6 Å². The van der Waals surface area contributed by atoms with Crippen molar-refractivity contribution < 1.29 is 13.6 Å². The van der Waals surface area contributed by atoms with Crippen molar-refractivity contribution in [2.24, 2.45) is 11.7 Å². The number of nitrogens with two attached hydrogens (primary N) is 1. The van der Waals surface area contributed by atoms with Gasteiger partial charge in [0.05, 0.1) is 12.6 Å². The Hall–Kier alpha value is -1.53. The molecule has 4 fully saturated rings. The molecule has 23 heavy (non-hydrogen) atoms. The van der Waals surface area contributed by atoms with Crippen LogP contribution in [0.5, 0.6) is 0 Å². The monoisotopic (exact) mass is 321 g/mol. The van der Waals surface area contributed by atoms with Crippen LogP contribution in [0.1, 0.15) is 24.3 Å². The van der Waals surface area contributed by atoms with Gasteiger partial charge in [-0.1, -0.05) is 12.1 Å². The van der Waals surface area contributed by atoms with Crippen LogP contribution in [0.25, 0.3) is 0 Å². The number of halogens is 2. The highest BCUT2D eigenvalue weighted by atomic mass is 19.2. The third kappa shape index (κ3) is 2.19. The number of piperidine rings is 3. The van der Waals surface area contributed by atoms with Crippen LogP contribution in [0.2, 0.25) is 0 Å². The van der Waals surface area contributed by atoms with E-state index < -0.39 is 11.6 Å². The smallest absolute Gasteiger partial charge is 0.236 e. The fourth-order valence-corrected chi connectivity index (χ4v) is 4.90. The molecule has 124 valence electrons. The van der Waals surface area contributed by atoms with E-state index in [2.05, 4.69) is 4.90 Å². The Labute approximate surface area is 134 Å². The molecule has 0 saturated carbocycles. The number of fused-ring (bicyclic) bond motifs is 2. The number of hydrogen-bond donors (Lipinski definition) is 1. The number of amides is 1. The number of carbonyl (C=O) groups is 1. The van der Waals surface area contributed by atoms with Crippen molar-refractivity contribution in [2.75, 3.05) is 26.2 Å². The Morgan fingerprint density at radius 1 is 1.22 bits per heavy atom. The van der Waals surface area contributed by atoms with Crippen LogP contribution in [0.15, 0.2) is 18.2 Å². The van der Waals surface area contributed by atoms with E-state index in [1.54, 1.807) is 12.1 Å². The molecule has 4 heterocycles. The molecule has 1 amide bonds. The molecule has 1 aromatic rings. The van der Waals surface area contributed by atoms with Crippen molar-refractivity contribution >= 4 is 5.91 Å². The summed E-state index contributed by atoms with van der Waals surface area (Å²) in [6.07, 6.45) is 2.13. The lowest BCUT2D eigenvalue weighted by atomic mass is 9.75. The van der Waals surface area contributed by atoms with E-state index in [9.17, 15) is 13.6 Å². The lowest BCUT2D eigenvalue weighted by molar-refractivity contribution is -0.134. The summed E-state index contributed by atoms with van der Waals surface area (Å²) in [5, 5.41) is 0. The molecule has 0 aromatic heterocycles. The van der Waals surface area contributed by atoms with Crippen LogP contribution in [0.4, 0.5) is 8.78 Å². The summed E-state index contributed by atoms with van der Waals surface area (Å²) in [6, 6.07) is 4.50. The normalized spacial score (nSPS) is 35.4. The number of benzene rings is 1. The molecule has 6 heteroatoms. The standard InChI is InChI=1S/C17H21F2N3O/c18-13-3-1-2-11(15(13)19)12-9-22(14(23)8-20)16-10-4-6-21(7-5-10)17(12)16/h1-3,10,12,16-17H,4-9,20H2/t12-,16+,17+/m0/s1. The zero-order chi connectivity index (χ0) is 16.1. The van der Waals surface area contributed by atoms with E-state index in [1.165, 1.54) is 0 Å². The van der Waals surface area contributed by atoms with Gasteiger partial charge in [-0.2, -0.15) is 0 Å². The van der Waals surface area contributed by atoms with Gasteiger partial charge in [0.25, 0.3) is 0 Å². The molecule has 1 aromatic carbocycles. The molecular weight excluding hydrogens is 300 g/mol. The Bertz CT molecular complexity index is 630. The second-order valence-electron chi connectivity index (χ2n) is 6.85. The van der Waals surface area contributed by atoms with Crippen molar-refractivity contribution in [2.45, 2.75) is 30.8 Å². The van der Waals surface area contributed by atoms with Gasteiger partial charge >= 0.3 is 0 Å². The van der Waals surface area contributed by atoms with Crippen molar-refractivity contribution in [1.82, 2.24) is 9.80 Å². The maximum Gasteiger partial charge on any atom is 0.236 e. The van der Waals surface area contributed by atoms with Gasteiger partial charge in [-0.3, -0.25) is 9.69 Å². The van der Waals surface area contributed by atoms with Crippen LogP contribution in [-0.4, -0.2) is 54.0 Å². The van der Waals surface area contributed by atoms with E-state index in [4.69, 9.17) is 5.73 Å². The topological polar surface area (TPSA) is 49.6 Å². The molecule has 3 atom stereocenters. The Kier molecular flexibility index (Phi) is 3.61. The van der Waals surface area contributed by atoms with Gasteiger partial charge in [0.1, 0.15) is 0 Å². The summed E-state index contributed by atoms with van der Waals surface area (Å²) >= 11 is 0. The summed E-state index contributed by atoms with van der Waals surface area (Å²) in [6.45, 7) is 2.35. The molecule has 4 aliphatic heterocycles. The fourth-order valence-electron chi connectivity index (χ4n) is 4.90. The van der Waals surface area contributed by atoms with Gasteiger partial charge in [0.2, 0.25) is 5.91 Å². The van der Waals surface area contributed by atoms with E-state index in [0.29, 0.717) is 18.0 Å². The summed E-state index contributed by atoms with van der Waals surface area (Å²) in [5.41, 5.74) is 5.96. The van der Waals surface area contributed by atoms with Crippen LogP contribution < -0.4 is 5.73 Å². The molecule has 4 saturated heterocycles. The zero-order valence-corrected chi connectivity index (χ0v) is 12.9. The highest BCUT2D eigenvalue weighted by Crippen LogP contribution is 2.47. The summed E-state index contributed by atoms with van der Waals surface area (Å²) in [5.74, 6) is -1.43. The van der Waals surface area contributed by atoms with Gasteiger partial charge in [-0.05, 0) is 43.5 Å². The minimum atomic E-state index is -0.821. The van der Waals surface area contributed by atoms with E-state index in [1.807, 2.05) is 4.90 Å². The second-order valence-corrected chi connectivity index (χ2v) is 6.85. The number of rotatable bonds is 2. The molecular formula is C17H21F2N3O. The third-order valence-electron chi connectivity index (χ3n) is 5.87. The van der Waals surface area contributed by atoms with Crippen LogP contribution in [0, 0.1) is 17.6 Å². The largest absolute Gasteiger partial charge is 0.336 e. The van der Waals surface area contributed by atoms with Gasteiger partial charge in [0, 0.05) is 18.5 Å². The highest BCUT2D eigenvalue weighted by molar-refractivity contribution is 5.79. The molecule has 2 N–H and O–H groups in total. The zero-order valence-electron chi connectivity index (χ0n) is 12.9. The van der Waals surface area contributed by atoms with Crippen molar-refractivity contribution in [3.05, 3.63) is 35.4 Å². The van der Waals surface area contributed by atoms with E-state index in [0.717, 1.165) is 32.0 Å². The molecule has 0 unspecified atom stereocenters. The summed E-state index contributed by atoms with van der Waals surface area (Å²) < 4.78 is 28.0. The van der Waals surface area contributed by atoms with Gasteiger partial charge in [-0.15, -0.1) is 0 Å². The molecule has 0 spiro atoms. The molecule has 0 radical (unpaired) electrons. The Balaban J connectivity index is 1.75. The van der Waals surface area contributed by atoms with Gasteiger partial charge in [0.15, 0.2) is 11.6 Å². The Morgan fingerprint density at radius 2 is 1.96 bits per heavy atom. The Morgan fingerprint density at radius 3 is 2.65 bits per heavy atom. The van der Waals surface area contributed by atoms with Crippen LogP contribution in [-0.2, 0) is 4.79 Å². The molecule has 4 nitrogen and oxygen atoms in total. The summed E-state index contributed by atoms with van der Waals surface area (Å²) in [7, 11) is 0. The minimum absolute atomic E-state index is 0.0334. The summed E-state index contributed by atoms with van der Waals surface area (Å²) in [4.78, 5) is 16.5. The second kappa shape index (κ2) is 5.53. The number of nitrogens with zero attached hydrogens (tertiary/aromatic N) is 2. The lowest BCUT2D eigenvalue weighted by Crippen LogP contribution is -2.61. The van der Waals surface area contributed by atoms with Crippen LogP contribution in [0.3, 0.4) is 0 Å². The number of hydrogen-bond acceptors (Lipinski definition) is 3. The van der Waals surface area contributed by atoms with E-state index in [-0.39, 0.29) is 30.5 Å². The first-order chi connectivity index (χ1) is 11.1. The lowest BCUT2D eigenvalue weighted by Gasteiger charge is -2.51. The highest BCUT2D eigenvalue weighted by Gasteiger charge is 2.54. The fraction of sp³-hybridized carbons (Fsp3) is 0.588. The molecule has 5 rings (SSSR count). The molecule has 0 aliphatic carbocycles. The minimum Gasteiger partial charge on any atom is -0.336 e. The maximum absolute atomic E-state index is 14.3. The first kappa shape index (κ1) is 15.0. The number of carbonyl (C=O) groups excluding carboxylic acids is 1. The predicted molar refractivity (Wildman–Crippen MR) is 81.7 cm³/mol. The van der Waals surface area contributed by atoms with Gasteiger partial charge in [-0.25, -0.2) is 8.78 Å². The number of likely N-dealkylation sites (tertiary alicyclic amines) is 1. The maximum atomic E-state index is 14.3. The molecule has 4 aliphatic rings. The van der Waals surface area contributed by atoms with E-state index >= 15 is 0 Å². The quantitative estimate of drug-likeness (QED) is 0.894. The first-order valence-corrected chi connectivity index (χ1v) is 8.29. The molecule has 2 bridgehead atoms. The van der Waals surface area contributed by atoms with Crippen molar-refractivity contribution in [1.29, 1.82) is 0 Å².